The van der Waals surface area contributed by atoms with E-state index in [1.807, 2.05) is 0 Å². The summed E-state index contributed by atoms with van der Waals surface area (Å²) in [7, 11) is 3.71. The summed E-state index contributed by atoms with van der Waals surface area (Å²) in [5.74, 6) is 0. The molecule has 0 amide bonds. The van der Waals surface area contributed by atoms with Gasteiger partial charge in [-0.1, -0.05) is 5.18 Å². The van der Waals surface area contributed by atoms with Crippen LogP contribution in [0.25, 0.3) is 0 Å². The Bertz CT molecular complexity index is 164. The average Bonchev–Trinajstić information content (AvgIpc) is 2.51. The highest BCUT2D eigenvalue weighted by Crippen LogP contribution is 2.20. The second-order valence-electron chi connectivity index (χ2n) is 3.73. The zero-order chi connectivity index (χ0) is 9.68. The molecule has 0 spiro atoms. The fourth-order valence-electron chi connectivity index (χ4n) is 1.93. The smallest absolute Gasteiger partial charge is 0.117 e. The molecular formula is C9H18N2O2. The van der Waals surface area contributed by atoms with Crippen molar-refractivity contribution in [3.63, 3.8) is 0 Å². The van der Waals surface area contributed by atoms with Gasteiger partial charge in [0.1, 0.15) is 6.04 Å². The lowest BCUT2D eigenvalue weighted by molar-refractivity contribution is 0.162. The third kappa shape index (κ3) is 3.04. The van der Waals surface area contributed by atoms with E-state index in [-0.39, 0.29) is 6.04 Å². The van der Waals surface area contributed by atoms with E-state index in [1.54, 1.807) is 7.11 Å². The molecule has 13 heavy (non-hydrogen) atoms. The summed E-state index contributed by atoms with van der Waals surface area (Å²) < 4.78 is 4.93. The zero-order valence-corrected chi connectivity index (χ0v) is 8.40. The summed E-state index contributed by atoms with van der Waals surface area (Å²) in [5.41, 5.74) is 0. The summed E-state index contributed by atoms with van der Waals surface area (Å²) in [4.78, 5) is 12.7. The van der Waals surface area contributed by atoms with E-state index in [0.717, 1.165) is 13.0 Å². The van der Waals surface area contributed by atoms with Crippen molar-refractivity contribution in [2.75, 3.05) is 27.3 Å². The van der Waals surface area contributed by atoms with Gasteiger partial charge >= 0.3 is 0 Å². The molecule has 2 unspecified atom stereocenters. The van der Waals surface area contributed by atoms with Gasteiger partial charge in [0.25, 0.3) is 0 Å². The number of likely N-dealkylation sites (tertiary alicyclic amines) is 1. The molecule has 0 aromatic heterocycles. The monoisotopic (exact) mass is 186 g/mol. The lowest BCUT2D eigenvalue weighted by atomic mass is 10.1. The summed E-state index contributed by atoms with van der Waals surface area (Å²) in [5, 5.41) is 3.07. The number of methoxy groups -OCH3 is 1. The second-order valence-corrected chi connectivity index (χ2v) is 3.73. The van der Waals surface area contributed by atoms with Crippen LogP contribution in [0.2, 0.25) is 0 Å². The Morgan fingerprint density at radius 1 is 1.69 bits per heavy atom. The number of hydrogen-bond donors (Lipinski definition) is 0. The van der Waals surface area contributed by atoms with Crippen LogP contribution in [-0.2, 0) is 4.74 Å². The number of nitrogens with zero attached hydrogens (tertiary/aromatic N) is 2. The molecule has 0 saturated carbocycles. The average molecular weight is 186 g/mol. The highest BCUT2D eigenvalue weighted by atomic mass is 16.5. The maximum absolute atomic E-state index is 10.4. The predicted octanol–water partition coefficient (Wildman–Crippen LogP) is 1.25. The van der Waals surface area contributed by atoms with Crippen LogP contribution in [-0.4, -0.2) is 44.3 Å². The van der Waals surface area contributed by atoms with Gasteiger partial charge in [0.2, 0.25) is 0 Å². The maximum Gasteiger partial charge on any atom is 0.117 e. The van der Waals surface area contributed by atoms with Crippen LogP contribution in [0.3, 0.4) is 0 Å². The number of ether oxygens (including phenoxy) is 1. The van der Waals surface area contributed by atoms with Gasteiger partial charge in [-0.2, -0.15) is 4.91 Å². The van der Waals surface area contributed by atoms with Crippen LogP contribution in [0.4, 0.5) is 0 Å². The third-order valence-corrected chi connectivity index (χ3v) is 2.72. The zero-order valence-electron chi connectivity index (χ0n) is 8.40. The Hall–Kier alpha value is -0.480. The lowest BCUT2D eigenvalue weighted by Crippen LogP contribution is -2.29. The van der Waals surface area contributed by atoms with Crippen LogP contribution in [0.15, 0.2) is 5.18 Å². The Morgan fingerprint density at radius 2 is 2.46 bits per heavy atom. The van der Waals surface area contributed by atoms with Crippen molar-refractivity contribution < 1.29 is 4.74 Å². The molecule has 0 aromatic rings. The molecule has 1 saturated heterocycles. The lowest BCUT2D eigenvalue weighted by Gasteiger charge is -2.21. The molecule has 0 aliphatic carbocycles. The van der Waals surface area contributed by atoms with Crippen molar-refractivity contribution in [3.8, 4) is 0 Å². The van der Waals surface area contributed by atoms with Gasteiger partial charge < -0.3 is 9.64 Å². The van der Waals surface area contributed by atoms with Gasteiger partial charge in [0, 0.05) is 13.2 Å². The molecular weight excluding hydrogens is 168 g/mol. The van der Waals surface area contributed by atoms with Crippen LogP contribution in [0, 0.1) is 4.91 Å². The van der Waals surface area contributed by atoms with E-state index in [2.05, 4.69) is 17.1 Å². The summed E-state index contributed by atoms with van der Waals surface area (Å²) in [6.07, 6.45) is 3.26. The standard InChI is InChI=1S/C9H18N2O2/c1-11-5-3-4-9(11)6-8(10-12)7-13-2/h8-9H,3-7H2,1-2H3. The molecule has 76 valence electrons. The molecule has 0 bridgehead atoms. The first-order valence-corrected chi connectivity index (χ1v) is 4.79. The van der Waals surface area contributed by atoms with Crippen LogP contribution in [0.1, 0.15) is 19.3 Å². The van der Waals surface area contributed by atoms with Gasteiger partial charge in [-0.05, 0) is 32.9 Å². The maximum atomic E-state index is 10.4. The summed E-state index contributed by atoms with van der Waals surface area (Å²) >= 11 is 0. The molecule has 0 N–H and O–H groups in total. The molecule has 4 heteroatoms. The first-order valence-electron chi connectivity index (χ1n) is 4.79. The molecule has 0 radical (unpaired) electrons. The minimum atomic E-state index is -0.171. The first-order chi connectivity index (χ1) is 6.27. The van der Waals surface area contributed by atoms with Crippen LogP contribution in [0.5, 0.6) is 0 Å². The Labute approximate surface area is 79.2 Å². The van der Waals surface area contributed by atoms with E-state index in [4.69, 9.17) is 4.74 Å². The fourth-order valence-corrected chi connectivity index (χ4v) is 1.93. The quantitative estimate of drug-likeness (QED) is 0.607. The Kier molecular flexibility index (Phi) is 4.32. The Morgan fingerprint density at radius 3 is 2.92 bits per heavy atom. The highest BCUT2D eigenvalue weighted by Gasteiger charge is 2.24. The Balaban J connectivity index is 2.31. The van der Waals surface area contributed by atoms with E-state index in [1.165, 1.54) is 12.8 Å². The fraction of sp³-hybridized carbons (Fsp3) is 1.00. The molecule has 1 heterocycles. The van der Waals surface area contributed by atoms with Crippen molar-refractivity contribution in [2.24, 2.45) is 5.18 Å². The van der Waals surface area contributed by atoms with E-state index >= 15 is 0 Å². The number of rotatable bonds is 5. The van der Waals surface area contributed by atoms with Gasteiger partial charge in [-0.25, -0.2) is 0 Å². The number of hydrogen-bond acceptors (Lipinski definition) is 4. The van der Waals surface area contributed by atoms with Crippen LogP contribution < -0.4 is 0 Å². The largest absolute Gasteiger partial charge is 0.382 e. The van der Waals surface area contributed by atoms with E-state index in [0.29, 0.717) is 12.6 Å². The van der Waals surface area contributed by atoms with Gasteiger partial charge in [-0.15, -0.1) is 0 Å². The first kappa shape index (κ1) is 10.6. The van der Waals surface area contributed by atoms with E-state index < -0.39 is 0 Å². The van der Waals surface area contributed by atoms with Crippen molar-refractivity contribution >= 4 is 0 Å². The number of nitroso groups, excluding NO2 is 1. The van der Waals surface area contributed by atoms with Gasteiger partial charge in [0.15, 0.2) is 0 Å². The van der Waals surface area contributed by atoms with E-state index in [9.17, 15) is 4.91 Å². The molecule has 4 nitrogen and oxygen atoms in total. The van der Waals surface area contributed by atoms with Crippen molar-refractivity contribution in [1.82, 2.24) is 4.90 Å². The van der Waals surface area contributed by atoms with Crippen molar-refractivity contribution in [3.05, 3.63) is 4.91 Å². The third-order valence-electron chi connectivity index (χ3n) is 2.72. The molecule has 2 atom stereocenters. The minimum absolute atomic E-state index is 0.171. The minimum Gasteiger partial charge on any atom is -0.382 e. The molecule has 1 aliphatic rings. The molecule has 1 rings (SSSR count). The second kappa shape index (κ2) is 5.29. The topological polar surface area (TPSA) is 41.9 Å². The van der Waals surface area contributed by atoms with Gasteiger partial charge in [-0.3, -0.25) is 0 Å². The summed E-state index contributed by atoms with van der Waals surface area (Å²) in [6.45, 7) is 1.59. The van der Waals surface area contributed by atoms with Gasteiger partial charge in [0.05, 0.1) is 6.61 Å². The SMILES string of the molecule is COCC(CC1CCCN1C)N=O. The predicted molar refractivity (Wildman–Crippen MR) is 51.7 cm³/mol. The normalized spacial score (nSPS) is 26.2. The molecule has 1 aliphatic heterocycles. The summed E-state index contributed by atoms with van der Waals surface area (Å²) in [6, 6.07) is 0.355. The van der Waals surface area contributed by atoms with Crippen molar-refractivity contribution in [1.29, 1.82) is 0 Å². The molecule has 0 aromatic carbocycles. The molecule has 1 fully saturated rings. The highest BCUT2D eigenvalue weighted by molar-refractivity contribution is 4.81. The van der Waals surface area contributed by atoms with Crippen molar-refractivity contribution in [2.45, 2.75) is 31.3 Å². The van der Waals surface area contributed by atoms with Crippen LogP contribution >= 0.6 is 0 Å².